The minimum absolute atomic E-state index is 0.358. The molecule has 0 bridgehead atoms. The lowest BCUT2D eigenvalue weighted by Crippen LogP contribution is -2.27. The van der Waals surface area contributed by atoms with Crippen molar-refractivity contribution in [3.8, 4) is 0 Å². The van der Waals surface area contributed by atoms with E-state index in [4.69, 9.17) is 12.2 Å². The molecule has 2 nitrogen and oxygen atoms in total. The van der Waals surface area contributed by atoms with Gasteiger partial charge in [-0.1, -0.05) is 29.8 Å². The molecule has 2 aromatic carbocycles. The Morgan fingerprint density at radius 3 is 2.40 bits per heavy atom. The van der Waals surface area contributed by atoms with E-state index in [0.29, 0.717) is 17.3 Å². The number of anilines is 1. The summed E-state index contributed by atoms with van der Waals surface area (Å²) in [5.74, 6) is -1.79. The number of rotatable bonds is 3. The second kappa shape index (κ2) is 6.43. The monoisotopic (exact) mass is 292 g/mol. The molecular formula is C15H14F2N2S. The van der Waals surface area contributed by atoms with Crippen molar-refractivity contribution in [1.29, 1.82) is 0 Å². The summed E-state index contributed by atoms with van der Waals surface area (Å²) in [6.45, 7) is 2.59. The molecular weight excluding hydrogens is 278 g/mol. The minimum Gasteiger partial charge on any atom is -0.358 e. The summed E-state index contributed by atoms with van der Waals surface area (Å²) in [5.41, 5.74) is 2.69. The maximum Gasteiger partial charge on any atom is 0.171 e. The largest absolute Gasteiger partial charge is 0.358 e. The first kappa shape index (κ1) is 14.4. The van der Waals surface area contributed by atoms with E-state index in [1.807, 2.05) is 31.2 Å². The Morgan fingerprint density at radius 2 is 1.75 bits per heavy atom. The standard InChI is InChI=1S/C15H14F2N2S/c1-10-2-4-11(5-3-10)9-18-15(20)19-12-6-7-13(16)14(17)8-12/h2-8H,9H2,1H3,(H2,18,19,20). The molecule has 5 heteroatoms. The predicted molar refractivity (Wildman–Crippen MR) is 80.6 cm³/mol. The van der Waals surface area contributed by atoms with Crippen LogP contribution in [0.5, 0.6) is 0 Å². The van der Waals surface area contributed by atoms with Gasteiger partial charge in [0.2, 0.25) is 0 Å². The van der Waals surface area contributed by atoms with E-state index in [1.165, 1.54) is 11.6 Å². The Balaban J connectivity index is 1.89. The molecule has 0 amide bonds. The molecule has 0 fully saturated rings. The average Bonchev–Trinajstić information content (AvgIpc) is 2.42. The average molecular weight is 292 g/mol. The van der Waals surface area contributed by atoms with Crippen molar-refractivity contribution in [2.45, 2.75) is 13.5 Å². The highest BCUT2D eigenvalue weighted by Crippen LogP contribution is 2.13. The molecule has 0 saturated carbocycles. The minimum atomic E-state index is -0.906. The highest BCUT2D eigenvalue weighted by Gasteiger charge is 2.03. The smallest absolute Gasteiger partial charge is 0.171 e. The van der Waals surface area contributed by atoms with E-state index < -0.39 is 11.6 Å². The highest BCUT2D eigenvalue weighted by molar-refractivity contribution is 7.80. The molecule has 0 saturated heterocycles. The quantitative estimate of drug-likeness (QED) is 0.842. The van der Waals surface area contributed by atoms with Crippen LogP contribution in [-0.2, 0) is 6.54 Å². The van der Waals surface area contributed by atoms with Crippen molar-refractivity contribution in [3.05, 3.63) is 65.2 Å². The molecule has 0 aliphatic rings. The molecule has 0 heterocycles. The zero-order valence-corrected chi connectivity index (χ0v) is 11.7. The van der Waals surface area contributed by atoms with E-state index in [9.17, 15) is 8.78 Å². The van der Waals surface area contributed by atoms with E-state index in [1.54, 1.807) is 0 Å². The molecule has 0 aromatic heterocycles. The van der Waals surface area contributed by atoms with Crippen molar-refractivity contribution in [2.24, 2.45) is 0 Å². The van der Waals surface area contributed by atoms with Gasteiger partial charge in [0.05, 0.1) is 0 Å². The molecule has 0 spiro atoms. The van der Waals surface area contributed by atoms with Crippen LogP contribution in [-0.4, -0.2) is 5.11 Å². The lowest BCUT2D eigenvalue weighted by atomic mass is 10.1. The van der Waals surface area contributed by atoms with Gasteiger partial charge in [-0.2, -0.15) is 0 Å². The van der Waals surface area contributed by atoms with Crippen LogP contribution in [0.1, 0.15) is 11.1 Å². The van der Waals surface area contributed by atoms with Gasteiger partial charge >= 0.3 is 0 Å². The van der Waals surface area contributed by atoms with Gasteiger partial charge < -0.3 is 10.6 Å². The Labute approximate surface area is 121 Å². The molecule has 2 aromatic rings. The lowest BCUT2D eigenvalue weighted by Gasteiger charge is -2.11. The van der Waals surface area contributed by atoms with Crippen molar-refractivity contribution in [3.63, 3.8) is 0 Å². The molecule has 0 unspecified atom stereocenters. The van der Waals surface area contributed by atoms with Gasteiger partial charge in [-0.25, -0.2) is 8.78 Å². The molecule has 0 aliphatic carbocycles. The van der Waals surface area contributed by atoms with Crippen LogP contribution in [0.15, 0.2) is 42.5 Å². The second-order valence-electron chi connectivity index (χ2n) is 4.42. The lowest BCUT2D eigenvalue weighted by molar-refractivity contribution is 0.509. The Hall–Kier alpha value is -2.01. The maximum atomic E-state index is 13.0. The van der Waals surface area contributed by atoms with E-state index >= 15 is 0 Å². The summed E-state index contributed by atoms with van der Waals surface area (Å²) in [7, 11) is 0. The van der Waals surface area contributed by atoms with Gasteiger partial charge in [-0.3, -0.25) is 0 Å². The van der Waals surface area contributed by atoms with Gasteiger partial charge in [0.15, 0.2) is 16.7 Å². The fraction of sp³-hybridized carbons (Fsp3) is 0.133. The van der Waals surface area contributed by atoms with Crippen LogP contribution in [0.4, 0.5) is 14.5 Å². The van der Waals surface area contributed by atoms with Gasteiger partial charge in [-0.15, -0.1) is 0 Å². The van der Waals surface area contributed by atoms with Gasteiger partial charge in [0, 0.05) is 18.3 Å². The highest BCUT2D eigenvalue weighted by atomic mass is 32.1. The zero-order chi connectivity index (χ0) is 14.5. The molecule has 2 rings (SSSR count). The maximum absolute atomic E-state index is 13.0. The first-order valence-electron chi connectivity index (χ1n) is 6.10. The third-order valence-corrected chi connectivity index (χ3v) is 3.00. The third kappa shape index (κ3) is 3.99. The van der Waals surface area contributed by atoms with Crippen LogP contribution in [0.2, 0.25) is 0 Å². The Morgan fingerprint density at radius 1 is 1.05 bits per heavy atom. The number of thiocarbonyl (C=S) groups is 1. The van der Waals surface area contributed by atoms with Crippen molar-refractivity contribution >= 4 is 23.0 Å². The summed E-state index contributed by atoms with van der Waals surface area (Å²) in [6, 6.07) is 11.6. The zero-order valence-electron chi connectivity index (χ0n) is 10.9. The number of nitrogens with one attached hydrogen (secondary N) is 2. The number of aryl methyl sites for hydroxylation is 1. The van der Waals surface area contributed by atoms with Crippen molar-refractivity contribution in [2.75, 3.05) is 5.32 Å². The van der Waals surface area contributed by atoms with Gasteiger partial charge in [0.1, 0.15) is 0 Å². The van der Waals surface area contributed by atoms with Crippen LogP contribution in [0, 0.1) is 18.6 Å². The molecule has 0 atom stereocenters. The molecule has 2 N–H and O–H groups in total. The van der Waals surface area contributed by atoms with Gasteiger partial charge in [-0.05, 0) is 36.8 Å². The van der Waals surface area contributed by atoms with E-state index in [0.717, 1.165) is 17.7 Å². The summed E-state index contributed by atoms with van der Waals surface area (Å²) < 4.78 is 25.8. The van der Waals surface area contributed by atoms with Crippen LogP contribution >= 0.6 is 12.2 Å². The number of hydrogen-bond acceptors (Lipinski definition) is 1. The van der Waals surface area contributed by atoms with E-state index in [2.05, 4.69) is 10.6 Å². The Kier molecular flexibility index (Phi) is 4.63. The number of hydrogen-bond donors (Lipinski definition) is 2. The summed E-state index contributed by atoms with van der Waals surface area (Å²) >= 11 is 5.10. The first-order valence-corrected chi connectivity index (χ1v) is 6.51. The molecule has 104 valence electrons. The first-order chi connectivity index (χ1) is 9.54. The van der Waals surface area contributed by atoms with Gasteiger partial charge in [0.25, 0.3) is 0 Å². The summed E-state index contributed by atoms with van der Waals surface area (Å²) in [4.78, 5) is 0. The normalized spacial score (nSPS) is 10.2. The molecule has 20 heavy (non-hydrogen) atoms. The van der Waals surface area contributed by atoms with Crippen LogP contribution in [0.3, 0.4) is 0 Å². The fourth-order valence-electron chi connectivity index (χ4n) is 1.64. The second-order valence-corrected chi connectivity index (χ2v) is 4.83. The van der Waals surface area contributed by atoms with Crippen molar-refractivity contribution < 1.29 is 8.78 Å². The van der Waals surface area contributed by atoms with Crippen LogP contribution in [0.25, 0.3) is 0 Å². The predicted octanol–water partition coefficient (Wildman–Crippen LogP) is 3.76. The molecule has 0 aliphatic heterocycles. The van der Waals surface area contributed by atoms with E-state index in [-0.39, 0.29) is 0 Å². The topological polar surface area (TPSA) is 24.1 Å². The summed E-state index contributed by atoms with van der Waals surface area (Å²) in [5, 5.41) is 6.17. The Bertz CT molecular complexity index is 612. The SMILES string of the molecule is Cc1ccc(CNC(=S)Nc2ccc(F)c(F)c2)cc1. The third-order valence-electron chi connectivity index (χ3n) is 2.75. The summed E-state index contributed by atoms with van der Waals surface area (Å²) in [6.07, 6.45) is 0. The number of halogens is 2. The number of benzene rings is 2. The fourth-order valence-corrected chi connectivity index (χ4v) is 1.83. The van der Waals surface area contributed by atoms with Crippen molar-refractivity contribution in [1.82, 2.24) is 5.32 Å². The molecule has 0 radical (unpaired) electrons. The van der Waals surface area contributed by atoms with Crippen LogP contribution < -0.4 is 10.6 Å².